The van der Waals surface area contributed by atoms with Crippen molar-refractivity contribution in [2.75, 3.05) is 13.2 Å². The minimum absolute atomic E-state index is 0.526. The van der Waals surface area contributed by atoms with Gasteiger partial charge in [0.2, 0.25) is 0 Å². The van der Waals surface area contributed by atoms with E-state index in [0.29, 0.717) is 19.8 Å². The third kappa shape index (κ3) is 1.84. The zero-order valence-electron chi connectivity index (χ0n) is 8.68. The number of halogens is 1. The first-order chi connectivity index (χ1) is 7.27. The van der Waals surface area contributed by atoms with E-state index in [0.717, 1.165) is 28.0 Å². The number of hydrogen-bond donors (Lipinski definition) is 1. The summed E-state index contributed by atoms with van der Waals surface area (Å²) in [5, 5.41) is 0. The molecule has 0 saturated carbocycles. The molecule has 1 aliphatic heterocycles. The van der Waals surface area contributed by atoms with Gasteiger partial charge in [-0.15, -0.1) is 0 Å². The van der Waals surface area contributed by atoms with Crippen molar-refractivity contribution in [3.05, 3.63) is 21.7 Å². The highest BCUT2D eigenvalue weighted by atomic mass is 79.9. The van der Waals surface area contributed by atoms with Crippen molar-refractivity contribution >= 4 is 15.9 Å². The fourth-order valence-electron chi connectivity index (χ4n) is 1.80. The summed E-state index contributed by atoms with van der Waals surface area (Å²) in [6.07, 6.45) is 0.934. The van der Waals surface area contributed by atoms with Crippen LogP contribution in [0.2, 0.25) is 0 Å². The normalized spacial score (nSPS) is 14.1. The van der Waals surface area contributed by atoms with Crippen LogP contribution >= 0.6 is 15.9 Å². The highest BCUT2D eigenvalue weighted by Crippen LogP contribution is 2.41. The fraction of sp³-hybridized carbons (Fsp3) is 0.455. The maximum absolute atomic E-state index is 5.71. The lowest BCUT2D eigenvalue weighted by molar-refractivity contribution is 0.170. The van der Waals surface area contributed by atoms with Crippen molar-refractivity contribution in [3.63, 3.8) is 0 Å². The van der Waals surface area contributed by atoms with E-state index < -0.39 is 0 Å². The van der Waals surface area contributed by atoms with Gasteiger partial charge in [-0.05, 0) is 39.5 Å². The lowest BCUT2D eigenvalue weighted by Crippen LogP contribution is -2.17. The van der Waals surface area contributed by atoms with E-state index in [4.69, 9.17) is 15.2 Å². The van der Waals surface area contributed by atoms with Gasteiger partial charge in [-0.1, -0.05) is 6.92 Å². The van der Waals surface area contributed by atoms with E-state index in [-0.39, 0.29) is 0 Å². The van der Waals surface area contributed by atoms with Crippen LogP contribution in [0, 0.1) is 0 Å². The second-order valence-electron chi connectivity index (χ2n) is 3.41. The van der Waals surface area contributed by atoms with Gasteiger partial charge in [-0.2, -0.15) is 0 Å². The topological polar surface area (TPSA) is 44.5 Å². The lowest BCUT2D eigenvalue weighted by Gasteiger charge is -2.22. The highest BCUT2D eigenvalue weighted by Gasteiger charge is 2.19. The molecule has 3 nitrogen and oxygen atoms in total. The minimum atomic E-state index is 0.526. The average Bonchev–Trinajstić information content (AvgIpc) is 2.29. The van der Waals surface area contributed by atoms with E-state index in [1.165, 1.54) is 5.56 Å². The van der Waals surface area contributed by atoms with E-state index in [9.17, 15) is 0 Å². The van der Waals surface area contributed by atoms with E-state index >= 15 is 0 Å². The monoisotopic (exact) mass is 271 g/mol. The van der Waals surface area contributed by atoms with Gasteiger partial charge in [0.05, 0.1) is 4.47 Å². The van der Waals surface area contributed by atoms with Gasteiger partial charge < -0.3 is 15.2 Å². The SMILES string of the molecule is CCc1c(CN)cc2c(c1Br)OCCO2. The molecule has 1 aliphatic rings. The molecule has 0 amide bonds. The summed E-state index contributed by atoms with van der Waals surface area (Å²) in [5.41, 5.74) is 8.04. The van der Waals surface area contributed by atoms with Crippen LogP contribution in [0.15, 0.2) is 10.5 Å². The molecule has 0 unspecified atom stereocenters. The Bertz CT molecular complexity index is 365. The smallest absolute Gasteiger partial charge is 0.175 e. The molecule has 0 spiro atoms. The third-order valence-corrected chi connectivity index (χ3v) is 3.38. The molecule has 1 heterocycles. The average molecular weight is 272 g/mol. The molecule has 2 rings (SSSR count). The molecule has 1 aromatic carbocycles. The van der Waals surface area contributed by atoms with Gasteiger partial charge in [-0.3, -0.25) is 0 Å². The number of nitrogens with two attached hydrogens (primary N) is 1. The summed E-state index contributed by atoms with van der Waals surface area (Å²) >= 11 is 3.56. The van der Waals surface area contributed by atoms with Crippen LogP contribution in [-0.2, 0) is 13.0 Å². The van der Waals surface area contributed by atoms with Crippen molar-refractivity contribution in [3.8, 4) is 11.5 Å². The molecular weight excluding hydrogens is 258 g/mol. The van der Waals surface area contributed by atoms with Crippen molar-refractivity contribution < 1.29 is 9.47 Å². The Morgan fingerprint density at radius 1 is 1.40 bits per heavy atom. The summed E-state index contributed by atoms with van der Waals surface area (Å²) in [4.78, 5) is 0. The number of fused-ring (bicyclic) bond motifs is 1. The van der Waals surface area contributed by atoms with Gasteiger partial charge in [0, 0.05) is 6.54 Å². The number of benzene rings is 1. The van der Waals surface area contributed by atoms with Crippen LogP contribution in [0.25, 0.3) is 0 Å². The predicted molar refractivity (Wildman–Crippen MR) is 62.4 cm³/mol. The van der Waals surface area contributed by atoms with Crippen molar-refractivity contribution in [2.45, 2.75) is 19.9 Å². The largest absolute Gasteiger partial charge is 0.486 e. The summed E-state index contributed by atoms with van der Waals surface area (Å²) in [6, 6.07) is 1.98. The number of hydrogen-bond acceptors (Lipinski definition) is 3. The number of ether oxygens (including phenoxy) is 2. The Hall–Kier alpha value is -0.740. The zero-order valence-corrected chi connectivity index (χ0v) is 10.3. The Balaban J connectivity index is 2.57. The molecule has 2 N–H and O–H groups in total. The Labute approximate surface area is 97.7 Å². The van der Waals surface area contributed by atoms with E-state index in [1.807, 2.05) is 6.07 Å². The molecule has 0 atom stereocenters. The Morgan fingerprint density at radius 2 is 2.13 bits per heavy atom. The molecule has 15 heavy (non-hydrogen) atoms. The second-order valence-corrected chi connectivity index (χ2v) is 4.20. The van der Waals surface area contributed by atoms with Crippen LogP contribution in [-0.4, -0.2) is 13.2 Å². The molecule has 4 heteroatoms. The van der Waals surface area contributed by atoms with Crippen molar-refractivity contribution in [1.29, 1.82) is 0 Å². The number of rotatable bonds is 2. The molecule has 82 valence electrons. The maximum atomic E-state index is 5.71. The Morgan fingerprint density at radius 3 is 2.80 bits per heavy atom. The summed E-state index contributed by atoms with van der Waals surface area (Å²) in [6.45, 7) is 3.85. The first kappa shape index (κ1) is 10.8. The first-order valence-electron chi connectivity index (χ1n) is 5.07. The predicted octanol–water partition coefficient (Wildman–Crippen LogP) is 2.24. The minimum Gasteiger partial charge on any atom is -0.486 e. The van der Waals surface area contributed by atoms with Crippen molar-refractivity contribution in [1.82, 2.24) is 0 Å². The van der Waals surface area contributed by atoms with Crippen LogP contribution in [0.5, 0.6) is 11.5 Å². The van der Waals surface area contributed by atoms with E-state index in [2.05, 4.69) is 22.9 Å². The van der Waals surface area contributed by atoms with Crippen LogP contribution < -0.4 is 15.2 Å². The molecule has 0 saturated heterocycles. The summed E-state index contributed by atoms with van der Waals surface area (Å²) in [7, 11) is 0. The second kappa shape index (κ2) is 4.41. The van der Waals surface area contributed by atoms with Crippen molar-refractivity contribution in [2.24, 2.45) is 5.73 Å². The van der Waals surface area contributed by atoms with Gasteiger partial charge in [0.25, 0.3) is 0 Å². The zero-order chi connectivity index (χ0) is 10.8. The third-order valence-electron chi connectivity index (χ3n) is 2.54. The van der Waals surface area contributed by atoms with Gasteiger partial charge in [-0.25, -0.2) is 0 Å². The molecule has 0 bridgehead atoms. The molecule has 0 aromatic heterocycles. The molecule has 0 aliphatic carbocycles. The molecule has 0 fully saturated rings. The standard InChI is InChI=1S/C11H14BrNO2/c1-2-8-7(6-13)5-9-11(10(8)12)15-4-3-14-9/h5H,2-4,6,13H2,1H3. The highest BCUT2D eigenvalue weighted by molar-refractivity contribution is 9.10. The van der Waals surface area contributed by atoms with E-state index in [1.54, 1.807) is 0 Å². The van der Waals surface area contributed by atoms with Gasteiger partial charge in [0.1, 0.15) is 13.2 Å². The van der Waals surface area contributed by atoms with Crippen LogP contribution in [0.4, 0.5) is 0 Å². The van der Waals surface area contributed by atoms with Gasteiger partial charge in [0.15, 0.2) is 11.5 Å². The molecule has 1 aromatic rings. The summed E-state index contributed by atoms with van der Waals surface area (Å²) in [5.74, 6) is 1.61. The first-order valence-corrected chi connectivity index (χ1v) is 5.87. The lowest BCUT2D eigenvalue weighted by atomic mass is 10.0. The fourth-order valence-corrected chi connectivity index (χ4v) is 2.64. The van der Waals surface area contributed by atoms with Crippen LogP contribution in [0.1, 0.15) is 18.1 Å². The maximum Gasteiger partial charge on any atom is 0.175 e. The quantitative estimate of drug-likeness (QED) is 0.898. The Kier molecular flexibility index (Phi) is 3.17. The van der Waals surface area contributed by atoms with Gasteiger partial charge >= 0.3 is 0 Å². The summed E-state index contributed by atoms with van der Waals surface area (Å²) < 4.78 is 12.1. The van der Waals surface area contributed by atoms with Crippen LogP contribution in [0.3, 0.4) is 0 Å². The molecular formula is C11H14BrNO2. The molecule has 0 radical (unpaired) electrons.